The molecule has 0 unspecified atom stereocenters. The van der Waals surface area contributed by atoms with Gasteiger partial charge in [0.25, 0.3) is 10.0 Å². The van der Waals surface area contributed by atoms with Gasteiger partial charge in [0.2, 0.25) is 0 Å². The molecule has 1 aromatic carbocycles. The summed E-state index contributed by atoms with van der Waals surface area (Å²) in [5.41, 5.74) is 1.41. The normalized spacial score (nSPS) is 11.8. The van der Waals surface area contributed by atoms with Crippen LogP contribution in [0.3, 0.4) is 0 Å². The smallest absolute Gasteiger partial charge is 0.263 e. The summed E-state index contributed by atoms with van der Waals surface area (Å²) in [7, 11) is -3.72. The second kappa shape index (κ2) is 6.24. The highest BCUT2D eigenvalue weighted by Gasteiger charge is 2.17. The van der Waals surface area contributed by atoms with Gasteiger partial charge in [-0.25, -0.2) is 18.4 Å². The SMILES string of the molecule is C/C=C/c1c(Cl)ncnc1NS(=O)(=O)c1ccc(C)cc1. The Labute approximate surface area is 128 Å². The van der Waals surface area contributed by atoms with E-state index in [1.807, 2.05) is 6.92 Å². The number of sulfonamides is 1. The van der Waals surface area contributed by atoms with E-state index in [1.165, 1.54) is 18.5 Å². The summed E-state index contributed by atoms with van der Waals surface area (Å²) in [6.07, 6.45) is 4.59. The molecule has 21 heavy (non-hydrogen) atoms. The Morgan fingerprint density at radius 2 is 1.86 bits per heavy atom. The fourth-order valence-electron chi connectivity index (χ4n) is 1.67. The Hall–Kier alpha value is -1.92. The number of halogens is 1. The van der Waals surface area contributed by atoms with Crippen LogP contribution in [0.15, 0.2) is 41.6 Å². The molecule has 1 N–H and O–H groups in total. The lowest BCUT2D eigenvalue weighted by Crippen LogP contribution is -2.15. The molecule has 0 aliphatic heterocycles. The predicted molar refractivity (Wildman–Crippen MR) is 83.7 cm³/mol. The number of aryl methyl sites for hydroxylation is 1. The minimum absolute atomic E-state index is 0.147. The van der Waals surface area contributed by atoms with Crippen molar-refractivity contribution in [2.75, 3.05) is 4.72 Å². The van der Waals surface area contributed by atoms with Crippen LogP contribution in [-0.4, -0.2) is 18.4 Å². The van der Waals surface area contributed by atoms with Crippen molar-refractivity contribution < 1.29 is 8.42 Å². The summed E-state index contributed by atoms with van der Waals surface area (Å²) >= 11 is 5.97. The molecule has 0 atom stereocenters. The third-order valence-electron chi connectivity index (χ3n) is 2.73. The van der Waals surface area contributed by atoms with E-state index in [0.29, 0.717) is 5.56 Å². The first kappa shape index (κ1) is 15.5. The summed E-state index contributed by atoms with van der Waals surface area (Å²) in [5, 5.41) is 0.185. The molecule has 0 radical (unpaired) electrons. The van der Waals surface area contributed by atoms with Crippen LogP contribution in [0, 0.1) is 6.92 Å². The minimum Gasteiger partial charge on any atom is -0.263 e. The Kier molecular flexibility index (Phi) is 4.59. The average Bonchev–Trinajstić information content (AvgIpc) is 2.43. The third kappa shape index (κ3) is 3.59. The topological polar surface area (TPSA) is 72.0 Å². The van der Waals surface area contributed by atoms with Crippen LogP contribution in [0.1, 0.15) is 18.1 Å². The molecule has 110 valence electrons. The summed E-state index contributed by atoms with van der Waals surface area (Å²) in [4.78, 5) is 7.95. The number of benzene rings is 1. The van der Waals surface area contributed by atoms with Crippen molar-refractivity contribution in [2.24, 2.45) is 0 Å². The van der Waals surface area contributed by atoms with Crippen molar-refractivity contribution in [3.05, 3.63) is 52.9 Å². The monoisotopic (exact) mass is 323 g/mol. The van der Waals surface area contributed by atoms with E-state index in [2.05, 4.69) is 14.7 Å². The van der Waals surface area contributed by atoms with Gasteiger partial charge in [-0.1, -0.05) is 41.4 Å². The van der Waals surface area contributed by atoms with Crippen LogP contribution in [0.4, 0.5) is 5.82 Å². The lowest BCUT2D eigenvalue weighted by Gasteiger charge is -2.10. The lowest BCUT2D eigenvalue weighted by atomic mass is 10.2. The largest absolute Gasteiger partial charge is 0.263 e. The van der Waals surface area contributed by atoms with Gasteiger partial charge in [0, 0.05) is 0 Å². The second-order valence-electron chi connectivity index (χ2n) is 4.35. The standard InChI is InChI=1S/C14H14ClN3O2S/c1-3-4-12-13(15)16-9-17-14(12)18-21(19,20)11-7-5-10(2)6-8-11/h3-9H,1-2H3,(H,16,17,18)/b4-3+. The molecule has 0 bridgehead atoms. The molecule has 0 aliphatic carbocycles. The average molecular weight is 324 g/mol. The maximum Gasteiger partial charge on any atom is 0.263 e. The van der Waals surface area contributed by atoms with Crippen LogP contribution in [0.5, 0.6) is 0 Å². The highest BCUT2D eigenvalue weighted by atomic mass is 35.5. The Morgan fingerprint density at radius 3 is 2.48 bits per heavy atom. The molecule has 0 saturated heterocycles. The van der Waals surface area contributed by atoms with Crippen molar-refractivity contribution in [3.63, 3.8) is 0 Å². The molecule has 0 fully saturated rings. The molecule has 0 aliphatic rings. The number of nitrogens with one attached hydrogen (secondary N) is 1. The fraction of sp³-hybridized carbons (Fsp3) is 0.143. The summed E-state index contributed by atoms with van der Waals surface area (Å²) in [6, 6.07) is 6.54. The lowest BCUT2D eigenvalue weighted by molar-refractivity contribution is 0.601. The van der Waals surface area contributed by atoms with Crippen molar-refractivity contribution in [1.82, 2.24) is 9.97 Å². The number of rotatable bonds is 4. The highest BCUT2D eigenvalue weighted by molar-refractivity contribution is 7.92. The van der Waals surface area contributed by atoms with E-state index in [9.17, 15) is 8.42 Å². The number of aromatic nitrogens is 2. The maximum atomic E-state index is 12.3. The number of nitrogens with zero attached hydrogens (tertiary/aromatic N) is 2. The molecule has 0 spiro atoms. The van der Waals surface area contributed by atoms with Crippen LogP contribution in [-0.2, 0) is 10.0 Å². The Balaban J connectivity index is 2.42. The highest BCUT2D eigenvalue weighted by Crippen LogP contribution is 2.24. The van der Waals surface area contributed by atoms with Crippen molar-refractivity contribution in [2.45, 2.75) is 18.7 Å². The number of anilines is 1. The van der Waals surface area contributed by atoms with Crippen LogP contribution >= 0.6 is 11.6 Å². The van der Waals surface area contributed by atoms with E-state index in [1.54, 1.807) is 31.2 Å². The molecule has 2 aromatic rings. The first-order valence-corrected chi connectivity index (χ1v) is 8.03. The van der Waals surface area contributed by atoms with Crippen molar-refractivity contribution in [1.29, 1.82) is 0 Å². The van der Waals surface area contributed by atoms with E-state index < -0.39 is 10.0 Å². The predicted octanol–water partition coefficient (Wildman–Crippen LogP) is 3.27. The zero-order valence-electron chi connectivity index (χ0n) is 11.5. The van der Waals surface area contributed by atoms with E-state index in [0.717, 1.165) is 5.56 Å². The van der Waals surface area contributed by atoms with Crippen molar-refractivity contribution >= 4 is 33.5 Å². The summed E-state index contributed by atoms with van der Waals surface area (Å²) in [6.45, 7) is 3.68. The molecule has 1 heterocycles. The zero-order chi connectivity index (χ0) is 15.5. The Morgan fingerprint density at radius 1 is 1.19 bits per heavy atom. The molecule has 1 aromatic heterocycles. The van der Waals surface area contributed by atoms with Gasteiger partial charge in [0.05, 0.1) is 10.5 Å². The van der Waals surface area contributed by atoms with Gasteiger partial charge in [-0.05, 0) is 26.0 Å². The second-order valence-corrected chi connectivity index (χ2v) is 6.39. The quantitative estimate of drug-likeness (QED) is 0.876. The number of hydrogen-bond donors (Lipinski definition) is 1. The van der Waals surface area contributed by atoms with Crippen LogP contribution < -0.4 is 4.72 Å². The van der Waals surface area contributed by atoms with Gasteiger partial charge >= 0.3 is 0 Å². The summed E-state index contributed by atoms with van der Waals surface area (Å²) < 4.78 is 27.1. The van der Waals surface area contributed by atoms with Gasteiger partial charge < -0.3 is 0 Å². The van der Waals surface area contributed by atoms with E-state index in [-0.39, 0.29) is 15.9 Å². The minimum atomic E-state index is -3.72. The van der Waals surface area contributed by atoms with Gasteiger partial charge in [-0.3, -0.25) is 4.72 Å². The molecule has 0 saturated carbocycles. The van der Waals surface area contributed by atoms with Gasteiger partial charge in [-0.2, -0.15) is 0 Å². The first-order valence-electron chi connectivity index (χ1n) is 6.16. The fourth-order valence-corrected chi connectivity index (χ4v) is 2.90. The maximum absolute atomic E-state index is 12.3. The molecular weight excluding hydrogens is 310 g/mol. The molecule has 7 heteroatoms. The zero-order valence-corrected chi connectivity index (χ0v) is 13.1. The third-order valence-corrected chi connectivity index (χ3v) is 4.39. The van der Waals surface area contributed by atoms with Gasteiger partial charge in [0.1, 0.15) is 11.5 Å². The van der Waals surface area contributed by atoms with E-state index >= 15 is 0 Å². The van der Waals surface area contributed by atoms with Gasteiger partial charge in [-0.15, -0.1) is 0 Å². The summed E-state index contributed by atoms with van der Waals surface area (Å²) in [5.74, 6) is 0.147. The Bertz CT molecular complexity index is 771. The van der Waals surface area contributed by atoms with E-state index in [4.69, 9.17) is 11.6 Å². The number of allylic oxidation sites excluding steroid dienone is 1. The molecule has 2 rings (SSSR count). The number of hydrogen-bond acceptors (Lipinski definition) is 4. The molecule has 5 nitrogen and oxygen atoms in total. The molecule has 0 amide bonds. The van der Waals surface area contributed by atoms with Gasteiger partial charge in [0.15, 0.2) is 5.82 Å². The molecular formula is C14H14ClN3O2S. The first-order chi connectivity index (χ1) is 9.94. The van der Waals surface area contributed by atoms with Crippen LogP contribution in [0.25, 0.3) is 6.08 Å². The van der Waals surface area contributed by atoms with Crippen molar-refractivity contribution in [3.8, 4) is 0 Å². The van der Waals surface area contributed by atoms with Crippen LogP contribution in [0.2, 0.25) is 5.15 Å².